The highest BCUT2D eigenvalue weighted by molar-refractivity contribution is 7.92. The summed E-state index contributed by atoms with van der Waals surface area (Å²) in [5.74, 6) is -1.87. The number of rotatable bonds is 7. The summed E-state index contributed by atoms with van der Waals surface area (Å²) in [5, 5.41) is 13.3. The van der Waals surface area contributed by atoms with Gasteiger partial charge in [0.1, 0.15) is 11.6 Å². The van der Waals surface area contributed by atoms with Crippen LogP contribution in [0.4, 0.5) is 20.2 Å². The van der Waals surface area contributed by atoms with Crippen LogP contribution in [0.15, 0.2) is 71.6 Å². The number of amides is 1. The summed E-state index contributed by atoms with van der Waals surface area (Å²) >= 11 is 0. The average molecular weight is 447 g/mol. The highest BCUT2D eigenvalue weighted by atomic mass is 32.2. The molecule has 0 saturated carbocycles. The Labute approximate surface area is 175 Å². The van der Waals surface area contributed by atoms with Crippen molar-refractivity contribution in [1.82, 2.24) is 5.32 Å². The predicted octanol–water partition coefficient (Wildman–Crippen LogP) is 3.60. The van der Waals surface area contributed by atoms with E-state index in [2.05, 4.69) is 10.0 Å². The van der Waals surface area contributed by atoms with Crippen LogP contribution in [0, 0.1) is 21.7 Å². The van der Waals surface area contributed by atoms with Gasteiger partial charge in [0.05, 0.1) is 9.82 Å². The van der Waals surface area contributed by atoms with Crippen LogP contribution in [0.25, 0.3) is 0 Å². The molecule has 0 fully saturated rings. The van der Waals surface area contributed by atoms with Crippen LogP contribution < -0.4 is 10.0 Å². The van der Waals surface area contributed by atoms with E-state index in [1.54, 1.807) is 0 Å². The van der Waals surface area contributed by atoms with E-state index in [1.807, 2.05) is 0 Å². The normalized spacial score (nSPS) is 11.0. The summed E-state index contributed by atoms with van der Waals surface area (Å²) in [6.07, 6.45) is 0. The maximum absolute atomic E-state index is 13.6. The zero-order chi connectivity index (χ0) is 22.6. The fourth-order valence-electron chi connectivity index (χ4n) is 2.62. The Morgan fingerprint density at radius 1 is 1.00 bits per heavy atom. The van der Waals surface area contributed by atoms with Crippen molar-refractivity contribution in [3.63, 3.8) is 0 Å². The summed E-state index contributed by atoms with van der Waals surface area (Å²) in [6.45, 7) is -0.233. The van der Waals surface area contributed by atoms with Crippen LogP contribution in [0.3, 0.4) is 0 Å². The minimum absolute atomic E-state index is 0.0188. The molecule has 8 nitrogen and oxygen atoms in total. The average Bonchev–Trinajstić information content (AvgIpc) is 2.74. The van der Waals surface area contributed by atoms with Crippen LogP contribution in [0.1, 0.15) is 15.9 Å². The number of nitro benzene ring substituents is 1. The largest absolute Gasteiger partial charge is 0.348 e. The molecule has 3 aromatic carbocycles. The zero-order valence-electron chi connectivity index (χ0n) is 15.7. The lowest BCUT2D eigenvalue weighted by atomic mass is 10.1. The minimum Gasteiger partial charge on any atom is -0.348 e. The molecule has 3 rings (SSSR count). The van der Waals surface area contributed by atoms with Gasteiger partial charge in [-0.2, -0.15) is 0 Å². The van der Waals surface area contributed by atoms with Gasteiger partial charge in [-0.05, 0) is 48.5 Å². The van der Waals surface area contributed by atoms with Crippen molar-refractivity contribution in [3.8, 4) is 0 Å². The van der Waals surface area contributed by atoms with Gasteiger partial charge < -0.3 is 5.32 Å². The summed E-state index contributed by atoms with van der Waals surface area (Å²) in [4.78, 5) is 22.0. The second-order valence-electron chi connectivity index (χ2n) is 6.36. The molecule has 0 aliphatic carbocycles. The summed E-state index contributed by atoms with van der Waals surface area (Å²) in [5.41, 5.74) is -0.103. The Bertz CT molecular complexity index is 1250. The number of carbonyl (C=O) groups excluding carboxylic acids is 1. The van der Waals surface area contributed by atoms with Gasteiger partial charge in [-0.3, -0.25) is 19.6 Å². The topological polar surface area (TPSA) is 118 Å². The molecule has 0 bridgehead atoms. The maximum Gasteiger partial charge on any atom is 0.270 e. The van der Waals surface area contributed by atoms with Gasteiger partial charge in [-0.1, -0.05) is 6.07 Å². The quantitative estimate of drug-likeness (QED) is 0.424. The standard InChI is InChI=1S/C20H15F2N3O5S/c21-15-6-9-19(22)14(10-15)12-23-20(26)13-4-7-16(8-5-13)24-31(29,30)18-3-1-2-17(11-18)25(27)28/h1-11,24H,12H2,(H,23,26). The number of nitrogens with zero attached hydrogens (tertiary/aromatic N) is 1. The molecule has 0 saturated heterocycles. The second-order valence-corrected chi connectivity index (χ2v) is 8.04. The van der Waals surface area contributed by atoms with Crippen molar-refractivity contribution < 1.29 is 26.9 Å². The maximum atomic E-state index is 13.6. The molecule has 0 radical (unpaired) electrons. The molecule has 0 heterocycles. The first-order chi connectivity index (χ1) is 14.7. The third-order valence-corrected chi connectivity index (χ3v) is 5.56. The van der Waals surface area contributed by atoms with Gasteiger partial charge >= 0.3 is 0 Å². The Morgan fingerprint density at radius 3 is 2.39 bits per heavy atom. The molecule has 2 N–H and O–H groups in total. The van der Waals surface area contributed by atoms with E-state index in [1.165, 1.54) is 42.5 Å². The predicted molar refractivity (Wildman–Crippen MR) is 108 cm³/mol. The van der Waals surface area contributed by atoms with Crippen LogP contribution in [0.5, 0.6) is 0 Å². The number of hydrogen-bond donors (Lipinski definition) is 2. The molecule has 0 spiro atoms. The van der Waals surface area contributed by atoms with Crippen molar-refractivity contribution in [2.45, 2.75) is 11.4 Å². The van der Waals surface area contributed by atoms with Gasteiger partial charge in [-0.15, -0.1) is 0 Å². The fourth-order valence-corrected chi connectivity index (χ4v) is 3.72. The molecular formula is C20H15F2N3O5S. The molecule has 0 aromatic heterocycles. The van der Waals surface area contributed by atoms with E-state index in [4.69, 9.17) is 0 Å². The van der Waals surface area contributed by atoms with Gasteiger partial charge in [-0.25, -0.2) is 17.2 Å². The van der Waals surface area contributed by atoms with Crippen molar-refractivity contribution in [3.05, 3.63) is 99.6 Å². The molecule has 0 atom stereocenters. The number of carbonyl (C=O) groups is 1. The molecule has 0 aliphatic rings. The summed E-state index contributed by atoms with van der Waals surface area (Å²) in [6, 6.07) is 12.8. The molecule has 11 heteroatoms. The van der Waals surface area contributed by atoms with Gasteiger partial charge in [0.25, 0.3) is 21.6 Å². The zero-order valence-corrected chi connectivity index (χ0v) is 16.5. The molecule has 1 amide bonds. The number of non-ortho nitro benzene ring substituents is 1. The third kappa shape index (κ3) is 5.39. The van der Waals surface area contributed by atoms with Crippen molar-refractivity contribution >= 4 is 27.3 Å². The molecule has 160 valence electrons. The van der Waals surface area contributed by atoms with Crippen LogP contribution in [0.2, 0.25) is 0 Å². The minimum atomic E-state index is -4.09. The lowest BCUT2D eigenvalue weighted by Gasteiger charge is -2.10. The number of nitro groups is 1. The molecule has 3 aromatic rings. The molecule has 0 unspecified atom stereocenters. The third-order valence-electron chi connectivity index (χ3n) is 4.19. The van der Waals surface area contributed by atoms with Crippen molar-refractivity contribution in [1.29, 1.82) is 0 Å². The first-order valence-corrected chi connectivity index (χ1v) is 10.2. The number of sulfonamides is 1. The van der Waals surface area contributed by atoms with E-state index >= 15 is 0 Å². The van der Waals surface area contributed by atoms with Gasteiger partial charge in [0, 0.05) is 35.5 Å². The SMILES string of the molecule is O=C(NCc1cc(F)ccc1F)c1ccc(NS(=O)(=O)c2cccc([N+](=O)[O-])c2)cc1. The van der Waals surface area contributed by atoms with E-state index < -0.39 is 32.5 Å². The Kier molecular flexibility index (Phi) is 6.25. The Morgan fingerprint density at radius 2 is 1.71 bits per heavy atom. The second kappa shape index (κ2) is 8.88. The number of anilines is 1. The summed E-state index contributed by atoms with van der Waals surface area (Å²) in [7, 11) is -4.09. The van der Waals surface area contributed by atoms with Gasteiger partial charge in [0.2, 0.25) is 0 Å². The van der Waals surface area contributed by atoms with Crippen LogP contribution in [-0.4, -0.2) is 19.2 Å². The van der Waals surface area contributed by atoms with Crippen molar-refractivity contribution in [2.24, 2.45) is 0 Å². The number of hydrogen-bond acceptors (Lipinski definition) is 5. The fraction of sp³-hybridized carbons (Fsp3) is 0.0500. The van der Waals surface area contributed by atoms with E-state index in [9.17, 15) is 32.1 Å². The molecule has 0 aliphatic heterocycles. The van der Waals surface area contributed by atoms with Crippen LogP contribution >= 0.6 is 0 Å². The van der Waals surface area contributed by atoms with Crippen molar-refractivity contribution in [2.75, 3.05) is 4.72 Å². The molecular weight excluding hydrogens is 432 g/mol. The highest BCUT2D eigenvalue weighted by Crippen LogP contribution is 2.21. The van der Waals surface area contributed by atoms with E-state index in [0.717, 1.165) is 24.3 Å². The number of halogens is 2. The van der Waals surface area contributed by atoms with E-state index in [-0.39, 0.29) is 33.9 Å². The Balaban J connectivity index is 1.68. The van der Waals surface area contributed by atoms with Gasteiger partial charge in [0.15, 0.2) is 0 Å². The monoisotopic (exact) mass is 447 g/mol. The summed E-state index contributed by atoms with van der Waals surface area (Å²) < 4.78 is 53.9. The first-order valence-electron chi connectivity index (χ1n) is 8.75. The first kappa shape index (κ1) is 21.8. The number of benzene rings is 3. The molecule has 31 heavy (non-hydrogen) atoms. The van der Waals surface area contributed by atoms with E-state index in [0.29, 0.717) is 0 Å². The highest BCUT2D eigenvalue weighted by Gasteiger charge is 2.18. The lowest BCUT2D eigenvalue weighted by Crippen LogP contribution is -2.23. The van der Waals surface area contributed by atoms with Crippen LogP contribution in [-0.2, 0) is 16.6 Å². The lowest BCUT2D eigenvalue weighted by molar-refractivity contribution is -0.385. The number of nitrogens with one attached hydrogen (secondary N) is 2. The smallest absolute Gasteiger partial charge is 0.270 e. The Hall–Kier alpha value is -3.86.